The summed E-state index contributed by atoms with van der Waals surface area (Å²) in [5, 5.41) is 14.5. The lowest BCUT2D eigenvalue weighted by Gasteiger charge is -2.30. The second-order valence-electron chi connectivity index (χ2n) is 3.77. The first-order chi connectivity index (χ1) is 8.20. The third kappa shape index (κ3) is 3.72. The largest absolute Gasteiger partial charge is 0.431 e. The highest BCUT2D eigenvalue weighted by Crippen LogP contribution is 2.34. The summed E-state index contributed by atoms with van der Waals surface area (Å²) in [4.78, 5) is 0.700. The molecule has 0 aliphatic heterocycles. The quantitative estimate of drug-likeness (QED) is 0.568. The molecular formula is C12H18F3N3. The average molecular weight is 261 g/mol. The van der Waals surface area contributed by atoms with Gasteiger partial charge in [-0.15, -0.1) is 0 Å². The molecule has 0 bridgehead atoms. The molecule has 0 amide bonds. The van der Waals surface area contributed by atoms with Gasteiger partial charge in [-0.1, -0.05) is 20.4 Å². The molecule has 0 saturated carbocycles. The van der Waals surface area contributed by atoms with E-state index >= 15 is 0 Å². The SMILES string of the molecule is C=C(CC)N(C(=N)C=N)C(=C(C)CC)C(F)(F)F. The second-order valence-corrected chi connectivity index (χ2v) is 3.77. The van der Waals surface area contributed by atoms with E-state index in [0.717, 1.165) is 0 Å². The van der Waals surface area contributed by atoms with E-state index in [2.05, 4.69) is 6.58 Å². The summed E-state index contributed by atoms with van der Waals surface area (Å²) in [7, 11) is 0. The van der Waals surface area contributed by atoms with Gasteiger partial charge < -0.3 is 5.41 Å². The van der Waals surface area contributed by atoms with Crippen LogP contribution >= 0.6 is 0 Å². The van der Waals surface area contributed by atoms with E-state index in [1.165, 1.54) is 6.92 Å². The summed E-state index contributed by atoms with van der Waals surface area (Å²) in [6, 6.07) is 0. The predicted octanol–water partition coefficient (Wildman–Crippen LogP) is 4.09. The first-order valence-electron chi connectivity index (χ1n) is 5.54. The van der Waals surface area contributed by atoms with Crippen LogP contribution in [0.25, 0.3) is 0 Å². The van der Waals surface area contributed by atoms with Gasteiger partial charge in [0, 0.05) is 5.70 Å². The molecule has 0 fully saturated rings. The van der Waals surface area contributed by atoms with Gasteiger partial charge in [-0.05, 0) is 25.3 Å². The Hall–Kier alpha value is -1.59. The molecule has 0 aliphatic carbocycles. The standard InChI is InChI=1S/C12H18F3N3/c1-5-8(3)11(12(13,14)15)18(9(4)6-2)10(17)7-16/h7,16-17H,4-6H2,1-3H3. The Kier molecular flexibility index (Phi) is 5.81. The number of allylic oxidation sites excluding steroid dienone is 3. The molecule has 0 aromatic rings. The lowest BCUT2D eigenvalue weighted by molar-refractivity contribution is -0.105. The van der Waals surface area contributed by atoms with E-state index in [1.807, 2.05) is 0 Å². The fourth-order valence-corrected chi connectivity index (χ4v) is 1.40. The Bertz CT molecular complexity index is 381. The number of hydrogen-bond acceptors (Lipinski definition) is 2. The molecular weight excluding hydrogens is 243 g/mol. The Morgan fingerprint density at radius 1 is 1.28 bits per heavy atom. The first-order valence-corrected chi connectivity index (χ1v) is 5.54. The summed E-state index contributed by atoms with van der Waals surface area (Å²) in [5.74, 6) is -0.540. The van der Waals surface area contributed by atoms with Crippen molar-refractivity contribution in [1.29, 1.82) is 10.8 Å². The van der Waals surface area contributed by atoms with Crippen LogP contribution < -0.4 is 0 Å². The maximum absolute atomic E-state index is 13.1. The van der Waals surface area contributed by atoms with Crippen LogP contribution in [-0.4, -0.2) is 23.1 Å². The van der Waals surface area contributed by atoms with Gasteiger partial charge in [0.25, 0.3) is 0 Å². The van der Waals surface area contributed by atoms with Crippen molar-refractivity contribution in [3.05, 3.63) is 23.5 Å². The topological polar surface area (TPSA) is 50.9 Å². The number of amidine groups is 1. The normalized spacial score (nSPS) is 12.8. The van der Waals surface area contributed by atoms with Crippen LogP contribution in [0.15, 0.2) is 23.5 Å². The smallest absolute Gasteiger partial charge is 0.305 e. The van der Waals surface area contributed by atoms with Crippen molar-refractivity contribution in [1.82, 2.24) is 4.90 Å². The van der Waals surface area contributed by atoms with Crippen LogP contribution in [0.2, 0.25) is 0 Å². The van der Waals surface area contributed by atoms with Crippen LogP contribution in [0, 0.1) is 10.8 Å². The molecule has 6 heteroatoms. The molecule has 0 aromatic heterocycles. The molecule has 0 aliphatic rings. The van der Waals surface area contributed by atoms with E-state index < -0.39 is 17.7 Å². The van der Waals surface area contributed by atoms with Crippen molar-refractivity contribution in [2.75, 3.05) is 0 Å². The third-order valence-electron chi connectivity index (χ3n) is 2.53. The highest BCUT2D eigenvalue weighted by atomic mass is 19.4. The van der Waals surface area contributed by atoms with E-state index in [4.69, 9.17) is 10.8 Å². The molecule has 102 valence electrons. The Morgan fingerprint density at radius 3 is 2.06 bits per heavy atom. The van der Waals surface area contributed by atoms with E-state index in [9.17, 15) is 13.2 Å². The van der Waals surface area contributed by atoms with Gasteiger partial charge in [0.2, 0.25) is 0 Å². The summed E-state index contributed by atoms with van der Waals surface area (Å²) in [6.45, 7) is 8.18. The van der Waals surface area contributed by atoms with Crippen molar-refractivity contribution >= 4 is 12.1 Å². The Labute approximate surface area is 105 Å². The Morgan fingerprint density at radius 2 is 1.78 bits per heavy atom. The van der Waals surface area contributed by atoms with Gasteiger partial charge >= 0.3 is 6.18 Å². The van der Waals surface area contributed by atoms with E-state index in [0.29, 0.717) is 11.1 Å². The minimum absolute atomic E-state index is 0.115. The molecule has 0 spiro atoms. The van der Waals surface area contributed by atoms with Crippen LogP contribution in [-0.2, 0) is 0 Å². The second kappa shape index (κ2) is 6.37. The molecule has 0 unspecified atom stereocenters. The number of alkyl halides is 3. The number of halogens is 3. The zero-order chi connectivity index (χ0) is 14.5. The number of rotatable bonds is 5. The molecule has 3 nitrogen and oxygen atoms in total. The zero-order valence-corrected chi connectivity index (χ0v) is 10.8. The van der Waals surface area contributed by atoms with E-state index in [1.54, 1.807) is 13.8 Å². The summed E-state index contributed by atoms with van der Waals surface area (Å²) in [5.41, 5.74) is -0.655. The molecule has 0 rings (SSSR count). The fraction of sp³-hybridized carbons (Fsp3) is 0.500. The predicted molar refractivity (Wildman–Crippen MR) is 66.8 cm³/mol. The highest BCUT2D eigenvalue weighted by molar-refractivity contribution is 6.27. The van der Waals surface area contributed by atoms with Gasteiger partial charge in [0.1, 0.15) is 11.5 Å². The van der Waals surface area contributed by atoms with Crippen molar-refractivity contribution in [3.63, 3.8) is 0 Å². The zero-order valence-electron chi connectivity index (χ0n) is 10.8. The summed E-state index contributed by atoms with van der Waals surface area (Å²) in [6.07, 6.45) is -3.51. The maximum Gasteiger partial charge on any atom is 0.431 e. The molecule has 18 heavy (non-hydrogen) atoms. The summed E-state index contributed by atoms with van der Waals surface area (Å²) >= 11 is 0. The number of nitrogens with one attached hydrogen (secondary N) is 2. The van der Waals surface area contributed by atoms with Crippen molar-refractivity contribution in [3.8, 4) is 0 Å². The lowest BCUT2D eigenvalue weighted by Crippen LogP contribution is -2.37. The van der Waals surface area contributed by atoms with Gasteiger partial charge in [0.05, 0.1) is 6.21 Å². The van der Waals surface area contributed by atoms with E-state index in [-0.39, 0.29) is 24.1 Å². The molecule has 0 aromatic carbocycles. The Balaban J connectivity index is 5.89. The van der Waals surface area contributed by atoms with Crippen LogP contribution in [0.3, 0.4) is 0 Å². The van der Waals surface area contributed by atoms with Gasteiger partial charge in [-0.2, -0.15) is 13.2 Å². The first kappa shape index (κ1) is 16.4. The fourth-order valence-electron chi connectivity index (χ4n) is 1.40. The molecule has 0 atom stereocenters. The number of hydrogen-bond donors (Lipinski definition) is 2. The number of nitrogens with zero attached hydrogens (tertiary/aromatic N) is 1. The maximum atomic E-state index is 13.1. The minimum atomic E-state index is -4.58. The van der Waals surface area contributed by atoms with Crippen molar-refractivity contribution < 1.29 is 13.2 Å². The van der Waals surface area contributed by atoms with Crippen molar-refractivity contribution in [2.45, 2.75) is 39.8 Å². The van der Waals surface area contributed by atoms with Crippen molar-refractivity contribution in [2.24, 2.45) is 0 Å². The molecule has 0 saturated heterocycles. The minimum Gasteiger partial charge on any atom is -0.305 e. The molecule has 0 heterocycles. The van der Waals surface area contributed by atoms with Crippen LogP contribution in [0.5, 0.6) is 0 Å². The van der Waals surface area contributed by atoms with Crippen LogP contribution in [0.4, 0.5) is 13.2 Å². The molecule has 0 radical (unpaired) electrons. The average Bonchev–Trinajstić information content (AvgIpc) is 2.31. The molecule has 2 N–H and O–H groups in total. The lowest BCUT2D eigenvalue weighted by atomic mass is 10.1. The van der Waals surface area contributed by atoms with Crippen LogP contribution in [0.1, 0.15) is 33.6 Å². The van der Waals surface area contributed by atoms with Gasteiger partial charge in [-0.25, -0.2) is 0 Å². The van der Waals surface area contributed by atoms with Gasteiger partial charge in [0.15, 0.2) is 0 Å². The monoisotopic (exact) mass is 261 g/mol. The highest BCUT2D eigenvalue weighted by Gasteiger charge is 2.40. The summed E-state index contributed by atoms with van der Waals surface area (Å²) < 4.78 is 39.3. The third-order valence-corrected chi connectivity index (χ3v) is 2.53. The van der Waals surface area contributed by atoms with Gasteiger partial charge in [-0.3, -0.25) is 10.3 Å².